The zero-order chi connectivity index (χ0) is 5.15. The molecule has 0 aromatic carbocycles. The minimum atomic E-state index is -0.935. The van der Waals surface area contributed by atoms with Crippen LogP contribution in [-0.4, -0.2) is 11.1 Å². The van der Waals surface area contributed by atoms with Crippen LogP contribution in [0, 0.1) is 0 Å². The fraction of sp³-hybridized carbons (Fsp3) is 0.250. The first-order chi connectivity index (χ1) is 2.64. The SMILES string of the molecule is C=C(C)C(=O)O.Cl.[2Cr]. The molecular weight excluding hydrogens is 117 g/mol. The van der Waals surface area contributed by atoms with E-state index in [0.717, 1.165) is 0 Å². The van der Waals surface area contributed by atoms with Gasteiger partial charge in [-0.1, -0.05) is 6.58 Å². The fourth-order valence-electron chi connectivity index (χ4n) is 0. The van der Waals surface area contributed by atoms with Crippen LogP contribution in [0.5, 0.6) is 0 Å². The number of carboxylic acid groups (broad SMARTS) is 1. The number of hydrogen-bond donors (Lipinski definition) is 1. The van der Waals surface area contributed by atoms with E-state index in [0.29, 0.717) is 0 Å². The standard InChI is InChI=1S/C4H6O2.ClH.Cr/c1-3(2)4(5)6;;/h1H2,2H3,(H,5,6);1H;/i;;1-50. The van der Waals surface area contributed by atoms with E-state index < -0.39 is 5.97 Å². The fourth-order valence-corrected chi connectivity index (χ4v) is 0. The third kappa shape index (κ3) is 9.40. The van der Waals surface area contributed by atoms with Gasteiger partial charge in [-0.25, -0.2) is 4.79 Å². The van der Waals surface area contributed by atoms with Crippen LogP contribution >= 0.6 is 12.4 Å². The molecule has 0 aromatic heterocycles. The van der Waals surface area contributed by atoms with Crippen molar-refractivity contribution in [3.05, 3.63) is 12.2 Å². The van der Waals surface area contributed by atoms with Crippen molar-refractivity contribution in [1.29, 1.82) is 0 Å². The molecule has 0 saturated heterocycles. The van der Waals surface area contributed by atoms with Crippen molar-refractivity contribution in [3.63, 3.8) is 0 Å². The molecule has 0 rings (SSSR count). The van der Waals surface area contributed by atoms with Crippen LogP contribution in [-0.2, 0) is 22.2 Å². The Kier molecular flexibility index (Phi) is 13.8. The first-order valence-electron chi connectivity index (χ1n) is 1.53. The van der Waals surface area contributed by atoms with Crippen LogP contribution in [0.25, 0.3) is 0 Å². The summed E-state index contributed by atoms with van der Waals surface area (Å²) in [5, 5.41) is 7.89. The van der Waals surface area contributed by atoms with Gasteiger partial charge in [0.2, 0.25) is 0 Å². The Labute approximate surface area is 65.1 Å². The summed E-state index contributed by atoms with van der Waals surface area (Å²) in [7, 11) is 0. The van der Waals surface area contributed by atoms with Gasteiger partial charge in [0.1, 0.15) is 0 Å². The Balaban J connectivity index is -0.000000125. The van der Waals surface area contributed by atoms with Crippen molar-refractivity contribution >= 4 is 18.4 Å². The maximum absolute atomic E-state index is 9.60. The molecule has 0 aliphatic rings. The topological polar surface area (TPSA) is 37.3 Å². The molecule has 0 bridgehead atoms. The summed E-state index contributed by atoms with van der Waals surface area (Å²) in [5.41, 5.74) is 0.176. The molecule has 48 valence electrons. The molecule has 8 heavy (non-hydrogen) atoms. The molecule has 0 atom stereocenters. The van der Waals surface area contributed by atoms with Crippen LogP contribution in [0.4, 0.5) is 0 Å². The Morgan fingerprint density at radius 3 is 1.75 bits per heavy atom. The molecule has 0 heterocycles. The third-order valence-electron chi connectivity index (χ3n) is 0.365. The van der Waals surface area contributed by atoms with Gasteiger partial charge in [-0.3, -0.25) is 0 Å². The molecule has 0 amide bonds. The quantitative estimate of drug-likeness (QED) is 0.531. The van der Waals surface area contributed by atoms with Crippen LogP contribution < -0.4 is 0 Å². The van der Waals surface area contributed by atoms with Crippen LogP contribution in [0.2, 0.25) is 0 Å². The van der Waals surface area contributed by atoms with Crippen LogP contribution in [0.1, 0.15) is 6.92 Å². The van der Waals surface area contributed by atoms with Gasteiger partial charge < -0.3 is 5.11 Å². The smallest absolute Gasteiger partial charge is 0.330 e. The van der Waals surface area contributed by atoms with Gasteiger partial charge >= 0.3 is 5.97 Å². The second kappa shape index (κ2) is 7.03. The van der Waals surface area contributed by atoms with E-state index >= 15 is 0 Å². The van der Waals surface area contributed by atoms with Gasteiger partial charge in [0.05, 0.1) is 0 Å². The van der Waals surface area contributed by atoms with Crippen molar-refractivity contribution in [1.82, 2.24) is 0 Å². The molecule has 0 spiro atoms. The molecule has 0 aliphatic heterocycles. The van der Waals surface area contributed by atoms with Gasteiger partial charge in [0, 0.05) is 22.9 Å². The van der Waals surface area contributed by atoms with Crippen molar-refractivity contribution in [2.24, 2.45) is 0 Å². The molecule has 1 N–H and O–H groups in total. The number of hydrogen-bond acceptors (Lipinski definition) is 1. The van der Waals surface area contributed by atoms with Crippen molar-refractivity contribution in [3.8, 4) is 0 Å². The van der Waals surface area contributed by atoms with Crippen molar-refractivity contribution < 1.29 is 27.3 Å². The predicted molar refractivity (Wildman–Crippen MR) is 29.7 cm³/mol. The molecule has 2 nitrogen and oxygen atoms in total. The van der Waals surface area contributed by atoms with Gasteiger partial charge in [0.15, 0.2) is 0 Å². The number of halogens is 1. The van der Waals surface area contributed by atoms with Crippen molar-refractivity contribution in [2.45, 2.75) is 6.92 Å². The zero-order valence-electron chi connectivity index (χ0n) is 4.38. The first kappa shape index (κ1) is 15.7. The molecule has 0 unspecified atom stereocenters. The maximum atomic E-state index is 9.60. The summed E-state index contributed by atoms with van der Waals surface area (Å²) in [6, 6.07) is 0. The monoisotopic (exact) mass is 124 g/mol. The summed E-state index contributed by atoms with van der Waals surface area (Å²) in [4.78, 5) is 9.60. The number of carbonyl (C=O) groups is 1. The average molecular weight is 125 g/mol. The zero-order valence-corrected chi connectivity index (χ0v) is 6.47. The normalized spacial score (nSPS) is 5.62. The Morgan fingerprint density at radius 1 is 1.62 bits per heavy atom. The van der Waals surface area contributed by atoms with Gasteiger partial charge in [0.25, 0.3) is 0 Å². The molecule has 0 radical (unpaired) electrons. The Bertz CT molecular complexity index is 80.0. The largest absolute Gasteiger partial charge is 0.478 e. The van der Waals surface area contributed by atoms with E-state index in [2.05, 4.69) is 6.58 Å². The maximum Gasteiger partial charge on any atom is 0.330 e. The average Bonchev–Trinajstić information content (AvgIpc) is 1.36. The van der Waals surface area contributed by atoms with E-state index in [4.69, 9.17) is 5.11 Å². The minimum absolute atomic E-state index is 0. The number of aliphatic carboxylic acids is 1. The Hall–Kier alpha value is 0.0325. The van der Waals surface area contributed by atoms with Gasteiger partial charge in [-0.15, -0.1) is 12.4 Å². The number of rotatable bonds is 1. The van der Waals surface area contributed by atoms with Gasteiger partial charge in [-0.05, 0) is 6.92 Å². The molecule has 0 aliphatic carbocycles. The van der Waals surface area contributed by atoms with E-state index in [9.17, 15) is 4.79 Å². The summed E-state index contributed by atoms with van der Waals surface area (Å²) >= 11 is 0. The Morgan fingerprint density at radius 2 is 1.75 bits per heavy atom. The molecule has 4 heteroatoms. The van der Waals surface area contributed by atoms with Crippen LogP contribution in [0.15, 0.2) is 12.2 Å². The number of carboxylic acids is 1. The first-order valence-corrected chi connectivity index (χ1v) is 1.53. The van der Waals surface area contributed by atoms with Crippen LogP contribution in [0.3, 0.4) is 0 Å². The van der Waals surface area contributed by atoms with E-state index in [1.165, 1.54) is 6.92 Å². The summed E-state index contributed by atoms with van der Waals surface area (Å²) in [6.07, 6.45) is 0. The summed E-state index contributed by atoms with van der Waals surface area (Å²) < 4.78 is 0. The summed E-state index contributed by atoms with van der Waals surface area (Å²) in [6.45, 7) is 4.60. The van der Waals surface area contributed by atoms with E-state index in [-0.39, 0.29) is 35.3 Å². The molecule has 0 saturated carbocycles. The predicted octanol–water partition coefficient (Wildman–Crippen LogP) is 1.07. The molecular formula is C4H7ClCrO2. The van der Waals surface area contributed by atoms with Crippen molar-refractivity contribution in [2.75, 3.05) is 0 Å². The van der Waals surface area contributed by atoms with Gasteiger partial charge in [-0.2, -0.15) is 0 Å². The minimum Gasteiger partial charge on any atom is -0.478 e. The second-order valence-electron chi connectivity index (χ2n) is 1.09. The summed E-state index contributed by atoms with van der Waals surface area (Å²) in [5.74, 6) is -0.935. The third-order valence-corrected chi connectivity index (χ3v) is 0.365. The van der Waals surface area contributed by atoms with E-state index in [1.807, 2.05) is 0 Å². The molecule has 0 fully saturated rings. The van der Waals surface area contributed by atoms with E-state index in [1.54, 1.807) is 0 Å². The molecule has 0 aromatic rings. The second-order valence-corrected chi connectivity index (χ2v) is 1.09.